The Morgan fingerprint density at radius 2 is 2.07 bits per heavy atom. The van der Waals surface area contributed by atoms with Crippen molar-refractivity contribution in [3.63, 3.8) is 0 Å². The van der Waals surface area contributed by atoms with E-state index in [0.29, 0.717) is 0 Å². The molecule has 0 amide bonds. The van der Waals surface area contributed by atoms with Gasteiger partial charge in [-0.25, -0.2) is 4.98 Å². The first-order chi connectivity index (χ1) is 5.79. The average molecular weight is 233 g/mol. The lowest BCUT2D eigenvalue weighted by molar-refractivity contribution is 1.32. The van der Waals surface area contributed by atoms with Gasteiger partial charge in [-0.15, -0.1) is 24.8 Å². The van der Waals surface area contributed by atoms with Crippen LogP contribution in [0.2, 0.25) is 0 Å². The summed E-state index contributed by atoms with van der Waals surface area (Å²) in [7, 11) is 0. The normalized spacial score (nSPS) is 8.86. The standard InChI is InChI=1S/C8H8N4.2ClH/c9-7(10)5-1-3-11-8-6(5)2-4-12-8;;/h1-4H,(H3,9,10)(H,11,12);2*1H. The van der Waals surface area contributed by atoms with Gasteiger partial charge < -0.3 is 10.7 Å². The molecule has 2 heterocycles. The molecule has 6 heteroatoms. The quantitative estimate of drug-likeness (QED) is 0.517. The van der Waals surface area contributed by atoms with Gasteiger partial charge in [-0.1, -0.05) is 0 Å². The third-order valence-electron chi connectivity index (χ3n) is 1.75. The summed E-state index contributed by atoms with van der Waals surface area (Å²) in [6, 6.07) is 3.59. The molecule has 2 aromatic heterocycles. The lowest BCUT2D eigenvalue weighted by atomic mass is 10.2. The molecule has 0 aliphatic carbocycles. The zero-order valence-electron chi connectivity index (χ0n) is 7.15. The fraction of sp³-hybridized carbons (Fsp3) is 0. The van der Waals surface area contributed by atoms with E-state index in [4.69, 9.17) is 11.1 Å². The number of hydrogen-bond donors (Lipinski definition) is 3. The molecular weight excluding hydrogens is 223 g/mol. The van der Waals surface area contributed by atoms with Crippen LogP contribution in [0.4, 0.5) is 0 Å². The van der Waals surface area contributed by atoms with Crippen molar-refractivity contribution in [3.8, 4) is 0 Å². The molecule has 0 fully saturated rings. The van der Waals surface area contributed by atoms with Crippen LogP contribution >= 0.6 is 24.8 Å². The molecule has 0 aliphatic heterocycles. The van der Waals surface area contributed by atoms with Gasteiger partial charge in [-0.05, 0) is 12.1 Å². The summed E-state index contributed by atoms with van der Waals surface area (Å²) in [5.41, 5.74) is 6.87. The molecule has 4 nitrogen and oxygen atoms in total. The van der Waals surface area contributed by atoms with Crippen LogP contribution in [0, 0.1) is 5.41 Å². The Hall–Kier alpha value is -1.26. The summed E-state index contributed by atoms with van der Waals surface area (Å²) in [5.74, 6) is 0.0713. The van der Waals surface area contributed by atoms with E-state index < -0.39 is 0 Å². The molecule has 4 N–H and O–H groups in total. The first-order valence-corrected chi connectivity index (χ1v) is 3.55. The highest BCUT2D eigenvalue weighted by Crippen LogP contribution is 2.13. The molecule has 0 aliphatic rings. The minimum atomic E-state index is 0. The van der Waals surface area contributed by atoms with Crippen LogP contribution in [0.1, 0.15) is 5.56 Å². The Morgan fingerprint density at radius 1 is 1.36 bits per heavy atom. The number of fused-ring (bicyclic) bond motifs is 1. The van der Waals surface area contributed by atoms with Crippen LogP contribution in [0.15, 0.2) is 24.5 Å². The molecule has 0 bridgehead atoms. The lowest BCUT2D eigenvalue weighted by Gasteiger charge is -1.97. The third-order valence-corrected chi connectivity index (χ3v) is 1.75. The number of hydrogen-bond acceptors (Lipinski definition) is 2. The second kappa shape index (κ2) is 4.83. The van der Waals surface area contributed by atoms with Crippen molar-refractivity contribution in [2.75, 3.05) is 0 Å². The highest BCUT2D eigenvalue weighted by molar-refractivity contribution is 6.05. The van der Waals surface area contributed by atoms with Crippen molar-refractivity contribution in [1.82, 2.24) is 9.97 Å². The van der Waals surface area contributed by atoms with Gasteiger partial charge in [0.1, 0.15) is 11.5 Å². The SMILES string of the molecule is Cl.Cl.N=C(N)c1ccnc2[nH]ccc12. The van der Waals surface area contributed by atoms with E-state index in [-0.39, 0.29) is 30.6 Å². The third kappa shape index (κ3) is 1.97. The number of halogens is 2. The molecule has 0 unspecified atom stereocenters. The van der Waals surface area contributed by atoms with Gasteiger partial charge in [0.25, 0.3) is 0 Å². The van der Waals surface area contributed by atoms with Crippen LogP contribution in [-0.2, 0) is 0 Å². The number of nitrogens with one attached hydrogen (secondary N) is 2. The van der Waals surface area contributed by atoms with Crippen LogP contribution in [0.3, 0.4) is 0 Å². The summed E-state index contributed by atoms with van der Waals surface area (Å²) in [4.78, 5) is 7.03. The molecule has 0 saturated carbocycles. The zero-order valence-corrected chi connectivity index (χ0v) is 8.78. The summed E-state index contributed by atoms with van der Waals surface area (Å²) in [5, 5.41) is 8.19. The number of aromatic nitrogens is 2. The number of rotatable bonds is 1. The molecule has 76 valence electrons. The van der Waals surface area contributed by atoms with Gasteiger partial charge in [0, 0.05) is 23.3 Å². The number of H-pyrrole nitrogens is 1. The molecule has 0 aromatic carbocycles. The number of pyridine rings is 1. The molecule has 14 heavy (non-hydrogen) atoms. The number of nitrogens with two attached hydrogens (primary N) is 1. The van der Waals surface area contributed by atoms with E-state index in [9.17, 15) is 0 Å². The maximum absolute atomic E-state index is 7.29. The number of nitrogens with zero attached hydrogens (tertiary/aromatic N) is 1. The van der Waals surface area contributed by atoms with Gasteiger partial charge in [0.2, 0.25) is 0 Å². The van der Waals surface area contributed by atoms with E-state index in [2.05, 4.69) is 9.97 Å². The topological polar surface area (TPSA) is 78.6 Å². The maximum Gasteiger partial charge on any atom is 0.137 e. The fourth-order valence-electron chi connectivity index (χ4n) is 1.20. The van der Waals surface area contributed by atoms with Gasteiger partial charge >= 0.3 is 0 Å². The zero-order chi connectivity index (χ0) is 8.55. The highest BCUT2D eigenvalue weighted by atomic mass is 35.5. The molecule has 2 aromatic rings. The monoisotopic (exact) mass is 232 g/mol. The highest BCUT2D eigenvalue weighted by Gasteiger charge is 2.03. The smallest absolute Gasteiger partial charge is 0.137 e. The molecule has 0 atom stereocenters. The largest absolute Gasteiger partial charge is 0.384 e. The van der Waals surface area contributed by atoms with E-state index in [1.54, 1.807) is 18.5 Å². The Kier molecular flexibility index (Phi) is 4.40. The minimum Gasteiger partial charge on any atom is -0.384 e. The predicted molar refractivity (Wildman–Crippen MR) is 61.6 cm³/mol. The number of nitrogen functional groups attached to an aromatic ring is 1. The fourth-order valence-corrected chi connectivity index (χ4v) is 1.20. The van der Waals surface area contributed by atoms with Crippen LogP contribution in [-0.4, -0.2) is 15.8 Å². The Morgan fingerprint density at radius 3 is 2.71 bits per heavy atom. The number of amidine groups is 1. The number of aromatic amines is 1. The molecular formula is C8H10Cl2N4. The summed E-state index contributed by atoms with van der Waals surface area (Å²) in [6.07, 6.45) is 3.42. The second-order valence-electron chi connectivity index (χ2n) is 2.51. The van der Waals surface area contributed by atoms with Crippen molar-refractivity contribution in [2.24, 2.45) is 5.73 Å². The first-order valence-electron chi connectivity index (χ1n) is 3.55. The van der Waals surface area contributed by atoms with Crippen molar-refractivity contribution in [3.05, 3.63) is 30.1 Å². The van der Waals surface area contributed by atoms with E-state index >= 15 is 0 Å². The first kappa shape index (κ1) is 12.7. The Balaban J connectivity index is 0.000000845. The van der Waals surface area contributed by atoms with Crippen molar-refractivity contribution in [2.45, 2.75) is 0 Å². The Bertz CT molecular complexity index is 438. The van der Waals surface area contributed by atoms with Crippen LogP contribution in [0.25, 0.3) is 11.0 Å². The lowest BCUT2D eigenvalue weighted by Crippen LogP contribution is -2.11. The van der Waals surface area contributed by atoms with Crippen LogP contribution < -0.4 is 5.73 Å². The summed E-state index contributed by atoms with van der Waals surface area (Å²) < 4.78 is 0. The van der Waals surface area contributed by atoms with E-state index in [1.165, 1.54) is 0 Å². The van der Waals surface area contributed by atoms with E-state index in [1.807, 2.05) is 6.07 Å². The minimum absolute atomic E-state index is 0. The molecule has 0 spiro atoms. The van der Waals surface area contributed by atoms with Gasteiger partial charge in [0.15, 0.2) is 0 Å². The average Bonchev–Trinajstić information content (AvgIpc) is 2.49. The van der Waals surface area contributed by atoms with Crippen molar-refractivity contribution in [1.29, 1.82) is 5.41 Å². The molecule has 0 saturated heterocycles. The molecule has 0 radical (unpaired) electrons. The predicted octanol–water partition coefficient (Wildman–Crippen LogP) is 1.69. The summed E-state index contributed by atoms with van der Waals surface area (Å²) in [6.45, 7) is 0. The van der Waals surface area contributed by atoms with Gasteiger partial charge in [-0.2, -0.15) is 0 Å². The van der Waals surface area contributed by atoms with Crippen molar-refractivity contribution < 1.29 is 0 Å². The van der Waals surface area contributed by atoms with E-state index in [0.717, 1.165) is 16.6 Å². The summed E-state index contributed by atoms with van der Waals surface area (Å²) >= 11 is 0. The molecule has 2 rings (SSSR count). The van der Waals surface area contributed by atoms with Crippen LogP contribution in [0.5, 0.6) is 0 Å². The Labute approximate surface area is 93.2 Å². The maximum atomic E-state index is 7.29. The van der Waals surface area contributed by atoms with Gasteiger partial charge in [0.05, 0.1) is 0 Å². The van der Waals surface area contributed by atoms with Crippen molar-refractivity contribution >= 4 is 41.7 Å². The second-order valence-corrected chi connectivity index (χ2v) is 2.51. The van der Waals surface area contributed by atoms with Gasteiger partial charge in [-0.3, -0.25) is 5.41 Å².